The van der Waals surface area contributed by atoms with Crippen LogP contribution in [0.1, 0.15) is 40.0 Å². The first-order valence-electron chi connectivity index (χ1n) is 10.5. The van der Waals surface area contributed by atoms with Gasteiger partial charge in [-0.25, -0.2) is 8.42 Å². The number of anilines is 1. The molecule has 0 saturated heterocycles. The van der Waals surface area contributed by atoms with E-state index in [2.05, 4.69) is 31.6 Å². The molecule has 1 aromatic carbocycles. The largest absolute Gasteiger partial charge is 0.573 e. The number of benzene rings is 1. The highest BCUT2D eigenvalue weighted by Crippen LogP contribution is 2.47. The minimum Gasteiger partial charge on any atom is -0.406 e. The van der Waals surface area contributed by atoms with Crippen LogP contribution in [0.15, 0.2) is 48.6 Å². The molecule has 0 heterocycles. The fraction of sp³-hybridized carbons (Fsp3) is 0.565. The number of sulfonamides is 1. The molecule has 4 unspecified atom stereocenters. The van der Waals surface area contributed by atoms with Crippen LogP contribution in [0.25, 0.3) is 0 Å². The van der Waals surface area contributed by atoms with Crippen LogP contribution in [0, 0.1) is 23.2 Å². The quantitative estimate of drug-likeness (QED) is 0.551. The lowest BCUT2D eigenvalue weighted by atomic mass is 9.63. The first kappa shape index (κ1) is 23.7. The summed E-state index contributed by atoms with van der Waals surface area (Å²) in [6.45, 7) is 6.74. The molecule has 0 aliphatic heterocycles. The van der Waals surface area contributed by atoms with Gasteiger partial charge in [-0.2, -0.15) is 0 Å². The van der Waals surface area contributed by atoms with Crippen molar-refractivity contribution in [2.75, 3.05) is 10.6 Å². The van der Waals surface area contributed by atoms with Crippen LogP contribution < -0.4 is 9.04 Å². The zero-order valence-corrected chi connectivity index (χ0v) is 19.1. The molecule has 8 heteroatoms. The van der Waals surface area contributed by atoms with E-state index in [0.29, 0.717) is 17.5 Å². The zero-order chi connectivity index (χ0) is 23.0. The Bertz CT molecular complexity index is 936. The molecule has 0 bridgehead atoms. The van der Waals surface area contributed by atoms with E-state index in [0.717, 1.165) is 37.7 Å². The van der Waals surface area contributed by atoms with Crippen LogP contribution >= 0.6 is 0 Å². The zero-order valence-electron chi connectivity index (χ0n) is 18.3. The molecule has 0 amide bonds. The van der Waals surface area contributed by atoms with Gasteiger partial charge < -0.3 is 4.74 Å². The van der Waals surface area contributed by atoms with Crippen LogP contribution in [0.5, 0.6) is 5.75 Å². The van der Waals surface area contributed by atoms with E-state index >= 15 is 0 Å². The normalized spacial score (nSPS) is 28.4. The summed E-state index contributed by atoms with van der Waals surface area (Å²) in [4.78, 5) is 0. The van der Waals surface area contributed by atoms with Gasteiger partial charge in [0.2, 0.25) is 10.0 Å². The lowest BCUT2D eigenvalue weighted by molar-refractivity contribution is -0.274. The highest BCUT2D eigenvalue weighted by atomic mass is 32.2. The van der Waals surface area contributed by atoms with Crippen molar-refractivity contribution in [1.82, 2.24) is 0 Å². The molecule has 31 heavy (non-hydrogen) atoms. The van der Waals surface area contributed by atoms with Crippen LogP contribution in [0.4, 0.5) is 18.9 Å². The lowest BCUT2D eigenvalue weighted by Crippen LogP contribution is -2.47. The summed E-state index contributed by atoms with van der Waals surface area (Å²) < 4.78 is 68.3. The molecule has 2 aliphatic rings. The van der Waals surface area contributed by atoms with Gasteiger partial charge in [0.1, 0.15) is 5.75 Å². The van der Waals surface area contributed by atoms with Crippen LogP contribution in [-0.4, -0.2) is 27.1 Å². The topological polar surface area (TPSA) is 46.6 Å². The van der Waals surface area contributed by atoms with Gasteiger partial charge in [0.25, 0.3) is 0 Å². The summed E-state index contributed by atoms with van der Waals surface area (Å²) >= 11 is 0. The summed E-state index contributed by atoms with van der Waals surface area (Å²) in [5.74, 6) is 0.442. The molecule has 2 aliphatic carbocycles. The predicted molar refractivity (Wildman–Crippen MR) is 116 cm³/mol. The molecular weight excluding hydrogens is 427 g/mol. The van der Waals surface area contributed by atoms with Crippen molar-refractivity contribution in [2.24, 2.45) is 23.2 Å². The highest BCUT2D eigenvalue weighted by molar-refractivity contribution is 7.92. The molecule has 172 valence electrons. The monoisotopic (exact) mass is 457 g/mol. The van der Waals surface area contributed by atoms with E-state index in [-0.39, 0.29) is 17.1 Å². The fourth-order valence-electron chi connectivity index (χ4n) is 5.38. The molecule has 1 aromatic rings. The number of halogens is 3. The SMILES string of the molecule is CC1CC(C2C=CC=CC2N(c2ccc(OC(F)(F)F)cc2)S(C)(=O)=O)CC(C)(C)C1. The molecule has 4 atom stereocenters. The first-order valence-corrected chi connectivity index (χ1v) is 12.3. The summed E-state index contributed by atoms with van der Waals surface area (Å²) in [5, 5.41) is 0. The molecular formula is C23H30F3NO3S. The Balaban J connectivity index is 1.94. The Hall–Kier alpha value is -1.96. The van der Waals surface area contributed by atoms with Gasteiger partial charge in [0, 0.05) is 5.92 Å². The number of rotatable bonds is 5. The fourth-order valence-corrected chi connectivity index (χ4v) is 6.53. The predicted octanol–water partition coefficient (Wildman–Crippen LogP) is 5.92. The second-order valence-corrected chi connectivity index (χ2v) is 11.5. The molecule has 0 aromatic heterocycles. The molecule has 0 spiro atoms. The second kappa shape index (κ2) is 8.52. The summed E-state index contributed by atoms with van der Waals surface area (Å²) in [5.41, 5.74) is 0.490. The number of alkyl halides is 3. The third-order valence-electron chi connectivity index (χ3n) is 6.07. The van der Waals surface area contributed by atoms with Gasteiger partial charge in [-0.15, -0.1) is 13.2 Å². The summed E-state index contributed by atoms with van der Waals surface area (Å²) in [6, 6.07) is 4.56. The number of hydrogen-bond donors (Lipinski definition) is 0. The van der Waals surface area contributed by atoms with E-state index < -0.39 is 22.4 Å². The van der Waals surface area contributed by atoms with E-state index in [4.69, 9.17) is 0 Å². The molecule has 4 nitrogen and oxygen atoms in total. The van der Waals surface area contributed by atoms with Crippen molar-refractivity contribution in [2.45, 2.75) is 52.4 Å². The molecule has 0 radical (unpaired) electrons. The smallest absolute Gasteiger partial charge is 0.406 e. The van der Waals surface area contributed by atoms with Crippen LogP contribution in [-0.2, 0) is 10.0 Å². The number of nitrogens with zero attached hydrogens (tertiary/aromatic N) is 1. The maximum atomic E-state index is 12.8. The van der Waals surface area contributed by atoms with Crippen LogP contribution in [0.2, 0.25) is 0 Å². The Labute approximate surface area is 182 Å². The molecule has 0 N–H and O–H groups in total. The molecule has 1 fully saturated rings. The maximum Gasteiger partial charge on any atom is 0.573 e. The lowest BCUT2D eigenvalue weighted by Gasteiger charge is -2.45. The molecule has 3 rings (SSSR count). The Morgan fingerprint density at radius 1 is 1.06 bits per heavy atom. The second-order valence-electron chi connectivity index (χ2n) is 9.61. The van der Waals surface area contributed by atoms with Gasteiger partial charge in [0.05, 0.1) is 18.0 Å². The Morgan fingerprint density at radius 3 is 2.23 bits per heavy atom. The maximum absolute atomic E-state index is 12.8. The van der Waals surface area contributed by atoms with E-state index in [1.54, 1.807) is 0 Å². The van der Waals surface area contributed by atoms with Gasteiger partial charge in [0.15, 0.2) is 0 Å². The van der Waals surface area contributed by atoms with E-state index in [1.165, 1.54) is 16.4 Å². The Morgan fingerprint density at radius 2 is 1.68 bits per heavy atom. The van der Waals surface area contributed by atoms with Crippen molar-refractivity contribution >= 4 is 15.7 Å². The Kier molecular flexibility index (Phi) is 6.52. The van der Waals surface area contributed by atoms with Crippen molar-refractivity contribution in [1.29, 1.82) is 0 Å². The highest BCUT2D eigenvalue weighted by Gasteiger charge is 2.41. The third-order valence-corrected chi connectivity index (χ3v) is 7.23. The number of ether oxygens (including phenoxy) is 1. The van der Waals surface area contributed by atoms with Gasteiger partial charge >= 0.3 is 6.36 Å². The number of allylic oxidation sites excluding steroid dienone is 2. The van der Waals surface area contributed by atoms with Crippen LogP contribution in [0.3, 0.4) is 0 Å². The average molecular weight is 458 g/mol. The minimum absolute atomic E-state index is 0.0205. The standard InChI is InChI=1S/C23H30F3NO3S/c1-16-13-17(15-22(2,3)14-16)20-7-5-6-8-21(20)27(31(4,28)29)18-9-11-19(12-10-18)30-23(24,25)26/h5-12,16-17,20-21H,13-15H2,1-4H3. The number of hydrogen-bond acceptors (Lipinski definition) is 3. The van der Waals surface area contributed by atoms with Crippen molar-refractivity contribution in [3.63, 3.8) is 0 Å². The van der Waals surface area contributed by atoms with Gasteiger partial charge in [-0.1, -0.05) is 45.1 Å². The van der Waals surface area contributed by atoms with Gasteiger partial charge in [-0.3, -0.25) is 4.31 Å². The average Bonchev–Trinajstić information content (AvgIpc) is 2.60. The summed E-state index contributed by atoms with van der Waals surface area (Å²) in [7, 11) is -3.69. The minimum atomic E-state index is -4.80. The summed E-state index contributed by atoms with van der Waals surface area (Å²) in [6.07, 6.45) is 7.20. The van der Waals surface area contributed by atoms with E-state index in [9.17, 15) is 21.6 Å². The molecule has 1 saturated carbocycles. The van der Waals surface area contributed by atoms with E-state index in [1.807, 2.05) is 18.2 Å². The van der Waals surface area contributed by atoms with Crippen molar-refractivity contribution in [3.8, 4) is 5.75 Å². The van der Waals surface area contributed by atoms with Crippen molar-refractivity contribution in [3.05, 3.63) is 48.6 Å². The first-order chi connectivity index (χ1) is 14.3. The third kappa shape index (κ3) is 6.05. The van der Waals surface area contributed by atoms with Crippen molar-refractivity contribution < 1.29 is 26.3 Å². The van der Waals surface area contributed by atoms with Gasteiger partial charge in [-0.05, 0) is 60.8 Å².